The van der Waals surface area contributed by atoms with Gasteiger partial charge in [0.05, 0.1) is 0 Å². The molecule has 5 N–H and O–H groups in total. The van der Waals surface area contributed by atoms with Crippen LogP contribution in [0.5, 0.6) is 0 Å². The summed E-state index contributed by atoms with van der Waals surface area (Å²) in [6.07, 6.45) is 2.55. The van der Waals surface area contributed by atoms with E-state index in [1.54, 1.807) is 31.2 Å². The first-order chi connectivity index (χ1) is 14.5. The van der Waals surface area contributed by atoms with E-state index in [0.717, 1.165) is 17.7 Å². The Morgan fingerprint density at radius 2 is 1.63 bits per heavy atom. The quantitative estimate of drug-likeness (QED) is 0.496. The van der Waals surface area contributed by atoms with Gasteiger partial charge in [-0.1, -0.05) is 24.0 Å². The summed E-state index contributed by atoms with van der Waals surface area (Å²) in [5.74, 6) is 5.27. The van der Waals surface area contributed by atoms with Crippen molar-refractivity contribution in [1.82, 2.24) is 10.6 Å². The summed E-state index contributed by atoms with van der Waals surface area (Å²) in [4.78, 5) is 24.1. The van der Waals surface area contributed by atoms with Crippen molar-refractivity contribution in [3.8, 4) is 11.8 Å². The molecule has 1 saturated carbocycles. The summed E-state index contributed by atoms with van der Waals surface area (Å²) in [7, 11) is 0. The molecular weight excluding hydrogens is 378 g/mol. The lowest BCUT2D eigenvalue weighted by Crippen LogP contribution is -2.52. The van der Waals surface area contributed by atoms with Crippen molar-refractivity contribution in [2.45, 2.75) is 44.4 Å². The van der Waals surface area contributed by atoms with E-state index in [-0.39, 0.29) is 0 Å². The Morgan fingerprint density at radius 3 is 2.13 bits per heavy atom. The minimum absolute atomic E-state index is 0.393. The molecule has 0 bridgehead atoms. The predicted octanol–water partition coefficient (Wildman–Crippen LogP) is 1.35. The fraction of sp³-hybridized carbons (Fsp3) is 0.333. The summed E-state index contributed by atoms with van der Waals surface area (Å²) >= 11 is 0. The molecule has 30 heavy (non-hydrogen) atoms. The molecule has 0 saturated heterocycles. The zero-order valence-electron chi connectivity index (χ0n) is 17.0. The van der Waals surface area contributed by atoms with Crippen LogP contribution in [0.3, 0.4) is 0 Å². The molecule has 1 aliphatic rings. The van der Waals surface area contributed by atoms with Crippen molar-refractivity contribution in [2.24, 2.45) is 5.73 Å². The molecule has 156 valence electrons. The summed E-state index contributed by atoms with van der Waals surface area (Å²) in [6.45, 7) is 1.82. The van der Waals surface area contributed by atoms with Gasteiger partial charge in [0.25, 0.3) is 5.91 Å². The fourth-order valence-corrected chi connectivity index (χ4v) is 2.93. The number of Topliss-reactive ketones (excluding diaryl/α,β-unsaturated/α-hetero) is 1. The van der Waals surface area contributed by atoms with Gasteiger partial charge in [0.1, 0.15) is 12.6 Å². The lowest BCUT2D eigenvalue weighted by atomic mass is 10.0. The number of amides is 1. The molecule has 0 unspecified atom stereocenters. The second-order valence-corrected chi connectivity index (χ2v) is 7.61. The minimum Gasteiger partial charge on any atom is -0.388 e. The Hall–Kier alpha value is -2.98. The molecule has 0 spiro atoms. The zero-order valence-corrected chi connectivity index (χ0v) is 17.0. The molecule has 0 heterocycles. The summed E-state index contributed by atoms with van der Waals surface area (Å²) in [5, 5.41) is 15.1. The topological polar surface area (TPSA) is 104 Å². The Balaban J connectivity index is 1.59. The van der Waals surface area contributed by atoms with Crippen LogP contribution in [0.2, 0.25) is 0 Å². The molecule has 2 aromatic carbocycles. The van der Waals surface area contributed by atoms with Crippen LogP contribution in [-0.2, 0) is 11.3 Å². The van der Waals surface area contributed by atoms with Gasteiger partial charge in [-0.15, -0.1) is 0 Å². The zero-order chi connectivity index (χ0) is 21.5. The number of aliphatic hydroxyl groups excluding tert-OH is 1. The van der Waals surface area contributed by atoms with Crippen LogP contribution in [0.15, 0.2) is 48.5 Å². The average Bonchev–Trinajstić information content (AvgIpc) is 3.59. The molecule has 6 nitrogen and oxygen atoms in total. The SMILES string of the molecule is C[C@@H](N)[C@H](NC(=O)c1ccc(C#Cc2ccc(CNC3CC3)cc2)cc1)C(=O)CO. The molecule has 0 radical (unpaired) electrons. The van der Waals surface area contributed by atoms with E-state index < -0.39 is 30.4 Å². The van der Waals surface area contributed by atoms with Gasteiger partial charge in [-0.2, -0.15) is 0 Å². The number of benzene rings is 2. The monoisotopic (exact) mass is 405 g/mol. The molecule has 2 aromatic rings. The van der Waals surface area contributed by atoms with E-state index in [2.05, 4.69) is 34.6 Å². The van der Waals surface area contributed by atoms with Crippen LogP contribution >= 0.6 is 0 Å². The van der Waals surface area contributed by atoms with Gasteiger partial charge in [-0.05, 0) is 61.7 Å². The molecule has 0 aliphatic heterocycles. The van der Waals surface area contributed by atoms with Crippen LogP contribution in [0.25, 0.3) is 0 Å². The van der Waals surface area contributed by atoms with E-state index in [1.165, 1.54) is 18.4 Å². The molecule has 1 amide bonds. The third-order valence-electron chi connectivity index (χ3n) is 4.94. The van der Waals surface area contributed by atoms with Crippen LogP contribution in [0, 0.1) is 11.8 Å². The van der Waals surface area contributed by atoms with Gasteiger partial charge in [-0.3, -0.25) is 9.59 Å². The molecular formula is C24H27N3O3. The highest BCUT2D eigenvalue weighted by Gasteiger charge is 2.24. The number of nitrogens with two attached hydrogens (primary N) is 1. The third-order valence-corrected chi connectivity index (χ3v) is 4.94. The Kier molecular flexibility index (Phi) is 7.36. The maximum Gasteiger partial charge on any atom is 0.251 e. The fourth-order valence-electron chi connectivity index (χ4n) is 2.93. The van der Waals surface area contributed by atoms with Crippen molar-refractivity contribution < 1.29 is 14.7 Å². The Bertz CT molecular complexity index is 936. The minimum atomic E-state index is -0.926. The van der Waals surface area contributed by atoms with E-state index in [0.29, 0.717) is 11.6 Å². The second kappa shape index (κ2) is 10.2. The normalized spacial score (nSPS) is 14.9. The van der Waals surface area contributed by atoms with Crippen LogP contribution in [-0.4, -0.2) is 41.5 Å². The molecule has 1 fully saturated rings. The van der Waals surface area contributed by atoms with Crippen LogP contribution < -0.4 is 16.4 Å². The number of nitrogens with one attached hydrogen (secondary N) is 2. The first-order valence-corrected chi connectivity index (χ1v) is 10.1. The van der Waals surface area contributed by atoms with Gasteiger partial charge in [-0.25, -0.2) is 0 Å². The molecule has 2 atom stereocenters. The van der Waals surface area contributed by atoms with Crippen molar-refractivity contribution in [2.75, 3.05) is 6.61 Å². The van der Waals surface area contributed by atoms with Gasteiger partial charge >= 0.3 is 0 Å². The number of ketones is 1. The summed E-state index contributed by atoms with van der Waals surface area (Å²) in [5.41, 5.74) is 9.07. The van der Waals surface area contributed by atoms with Crippen LogP contribution in [0.4, 0.5) is 0 Å². The van der Waals surface area contributed by atoms with E-state index >= 15 is 0 Å². The third kappa shape index (κ3) is 6.26. The molecule has 0 aromatic heterocycles. The highest BCUT2D eigenvalue weighted by atomic mass is 16.3. The van der Waals surface area contributed by atoms with Crippen LogP contribution in [0.1, 0.15) is 46.8 Å². The Morgan fingerprint density at radius 1 is 1.07 bits per heavy atom. The maximum atomic E-state index is 12.4. The van der Waals surface area contributed by atoms with E-state index in [4.69, 9.17) is 10.8 Å². The van der Waals surface area contributed by atoms with E-state index in [9.17, 15) is 9.59 Å². The number of rotatable bonds is 8. The molecule has 1 aliphatic carbocycles. The largest absolute Gasteiger partial charge is 0.388 e. The van der Waals surface area contributed by atoms with Gasteiger partial charge in [0.2, 0.25) is 0 Å². The first-order valence-electron chi connectivity index (χ1n) is 10.1. The second-order valence-electron chi connectivity index (χ2n) is 7.61. The summed E-state index contributed by atoms with van der Waals surface area (Å²) in [6, 6.07) is 14.1. The Labute approximate surface area is 176 Å². The number of hydrogen-bond acceptors (Lipinski definition) is 5. The van der Waals surface area contributed by atoms with Gasteiger partial charge < -0.3 is 21.5 Å². The number of hydrogen-bond donors (Lipinski definition) is 4. The summed E-state index contributed by atoms with van der Waals surface area (Å²) < 4.78 is 0. The number of aliphatic hydroxyl groups is 1. The lowest BCUT2D eigenvalue weighted by molar-refractivity contribution is -0.123. The smallest absolute Gasteiger partial charge is 0.251 e. The molecule has 3 rings (SSSR count). The number of carbonyl (C=O) groups is 2. The van der Waals surface area contributed by atoms with Gasteiger partial charge in [0, 0.05) is 35.3 Å². The predicted molar refractivity (Wildman–Crippen MR) is 116 cm³/mol. The van der Waals surface area contributed by atoms with Crippen molar-refractivity contribution in [3.05, 3.63) is 70.8 Å². The molecule has 6 heteroatoms. The van der Waals surface area contributed by atoms with Crippen molar-refractivity contribution in [3.63, 3.8) is 0 Å². The van der Waals surface area contributed by atoms with Crippen molar-refractivity contribution in [1.29, 1.82) is 0 Å². The lowest BCUT2D eigenvalue weighted by Gasteiger charge is -2.20. The van der Waals surface area contributed by atoms with E-state index in [1.807, 2.05) is 12.1 Å². The van der Waals surface area contributed by atoms with Crippen molar-refractivity contribution >= 4 is 11.7 Å². The number of carbonyl (C=O) groups excluding carboxylic acids is 2. The average molecular weight is 405 g/mol. The maximum absolute atomic E-state index is 12.4. The van der Waals surface area contributed by atoms with Gasteiger partial charge in [0.15, 0.2) is 5.78 Å². The highest BCUT2D eigenvalue weighted by molar-refractivity contribution is 5.98. The standard InChI is InChI=1S/C24H27N3O3/c1-16(25)23(22(29)15-28)27-24(30)20-10-8-18(9-11-20)3-2-17-4-6-19(7-5-17)14-26-21-12-13-21/h4-11,16,21,23,26,28H,12-15,25H2,1H3,(H,27,30)/t16-,23+/m1/s1. The highest BCUT2D eigenvalue weighted by Crippen LogP contribution is 2.19. The first kappa shape index (κ1) is 21.7.